The molecule has 0 unspecified atom stereocenters. The molecule has 1 amide bonds. The summed E-state index contributed by atoms with van der Waals surface area (Å²) in [6.45, 7) is 2.42. The minimum absolute atomic E-state index is 0.477. The van der Waals surface area contributed by atoms with E-state index in [0.29, 0.717) is 30.4 Å². The largest absolute Gasteiger partial charge is 0.477 e. The predicted octanol–water partition coefficient (Wildman–Crippen LogP) is 1.51. The van der Waals surface area contributed by atoms with Crippen LogP contribution >= 0.6 is 0 Å². The summed E-state index contributed by atoms with van der Waals surface area (Å²) in [5.74, 6) is 0.966. The number of carbonyl (C=O) groups is 1. The van der Waals surface area contributed by atoms with Crippen LogP contribution in [0.2, 0.25) is 0 Å². The van der Waals surface area contributed by atoms with Crippen LogP contribution in [-0.2, 0) is 4.79 Å². The fraction of sp³-hybridized carbons (Fsp3) is 0.167. The van der Waals surface area contributed by atoms with Crippen LogP contribution in [0.1, 0.15) is 6.92 Å². The van der Waals surface area contributed by atoms with Crippen molar-refractivity contribution in [2.75, 3.05) is 11.9 Å². The van der Waals surface area contributed by atoms with Crippen molar-refractivity contribution < 1.29 is 9.53 Å². The van der Waals surface area contributed by atoms with Crippen molar-refractivity contribution >= 4 is 12.2 Å². The molecule has 0 aliphatic rings. The van der Waals surface area contributed by atoms with Crippen molar-refractivity contribution in [2.45, 2.75) is 6.92 Å². The van der Waals surface area contributed by atoms with Gasteiger partial charge in [0.2, 0.25) is 12.3 Å². The third-order valence-corrected chi connectivity index (χ3v) is 2.17. The van der Waals surface area contributed by atoms with Crippen molar-refractivity contribution in [3.8, 4) is 17.1 Å². The topological polar surface area (TPSA) is 77.0 Å². The Hall–Kier alpha value is -2.50. The highest BCUT2D eigenvalue weighted by molar-refractivity contribution is 5.70. The van der Waals surface area contributed by atoms with Gasteiger partial charge in [-0.2, -0.15) is 0 Å². The molecule has 0 fully saturated rings. The highest BCUT2D eigenvalue weighted by atomic mass is 16.5. The molecule has 0 aromatic carbocycles. The number of amides is 1. The van der Waals surface area contributed by atoms with Gasteiger partial charge in [0.05, 0.1) is 24.7 Å². The zero-order valence-corrected chi connectivity index (χ0v) is 9.83. The first-order valence-electron chi connectivity index (χ1n) is 5.45. The number of hydrogen-bond acceptors (Lipinski definition) is 5. The van der Waals surface area contributed by atoms with Crippen molar-refractivity contribution in [3.63, 3.8) is 0 Å². The van der Waals surface area contributed by atoms with E-state index in [1.54, 1.807) is 30.7 Å². The number of pyridine rings is 1. The van der Waals surface area contributed by atoms with Gasteiger partial charge in [-0.15, -0.1) is 0 Å². The number of carbonyl (C=O) groups excluding carboxylic acids is 1. The molecule has 0 aliphatic carbocycles. The van der Waals surface area contributed by atoms with E-state index in [-0.39, 0.29) is 0 Å². The SMILES string of the molecule is CCOc1cncc(-c2ccc(NC=O)nc2)n1. The first-order valence-corrected chi connectivity index (χ1v) is 5.45. The number of ether oxygens (including phenoxy) is 1. The number of nitrogens with one attached hydrogen (secondary N) is 1. The molecule has 0 atom stereocenters. The lowest BCUT2D eigenvalue weighted by Gasteiger charge is -2.04. The van der Waals surface area contributed by atoms with Crippen LogP contribution in [0.25, 0.3) is 11.3 Å². The molecule has 0 saturated carbocycles. The van der Waals surface area contributed by atoms with Crippen molar-refractivity contribution in [2.24, 2.45) is 0 Å². The second-order valence-electron chi connectivity index (χ2n) is 3.37. The molecular weight excluding hydrogens is 232 g/mol. The molecule has 6 heteroatoms. The van der Waals surface area contributed by atoms with Gasteiger partial charge in [-0.25, -0.2) is 9.97 Å². The van der Waals surface area contributed by atoms with Crippen LogP contribution in [0.5, 0.6) is 5.88 Å². The lowest BCUT2D eigenvalue weighted by Crippen LogP contribution is -1.98. The Morgan fingerprint density at radius 3 is 2.89 bits per heavy atom. The predicted molar refractivity (Wildman–Crippen MR) is 66.1 cm³/mol. The van der Waals surface area contributed by atoms with E-state index in [1.807, 2.05) is 6.92 Å². The van der Waals surface area contributed by atoms with E-state index < -0.39 is 0 Å². The van der Waals surface area contributed by atoms with Gasteiger partial charge >= 0.3 is 0 Å². The molecule has 2 aromatic heterocycles. The second kappa shape index (κ2) is 5.72. The Bertz CT molecular complexity index is 528. The van der Waals surface area contributed by atoms with E-state index in [9.17, 15) is 4.79 Å². The summed E-state index contributed by atoms with van der Waals surface area (Å²) >= 11 is 0. The molecule has 0 aliphatic heterocycles. The van der Waals surface area contributed by atoms with Crippen LogP contribution < -0.4 is 10.1 Å². The second-order valence-corrected chi connectivity index (χ2v) is 3.37. The van der Waals surface area contributed by atoms with Gasteiger partial charge in [-0.05, 0) is 19.1 Å². The fourth-order valence-corrected chi connectivity index (χ4v) is 1.40. The number of rotatable bonds is 5. The maximum absolute atomic E-state index is 10.3. The maximum Gasteiger partial charge on any atom is 0.232 e. The molecule has 18 heavy (non-hydrogen) atoms. The highest BCUT2D eigenvalue weighted by Gasteiger charge is 2.03. The molecule has 92 valence electrons. The Morgan fingerprint density at radius 2 is 2.22 bits per heavy atom. The summed E-state index contributed by atoms with van der Waals surface area (Å²) in [5.41, 5.74) is 1.48. The number of hydrogen-bond donors (Lipinski definition) is 1. The maximum atomic E-state index is 10.3. The minimum atomic E-state index is 0.477. The van der Waals surface area contributed by atoms with Crippen LogP contribution in [0.4, 0.5) is 5.82 Å². The number of anilines is 1. The highest BCUT2D eigenvalue weighted by Crippen LogP contribution is 2.18. The van der Waals surface area contributed by atoms with Gasteiger partial charge in [0.15, 0.2) is 0 Å². The Balaban J connectivity index is 2.24. The van der Waals surface area contributed by atoms with Gasteiger partial charge in [-0.1, -0.05) is 0 Å². The third kappa shape index (κ3) is 2.79. The van der Waals surface area contributed by atoms with E-state index in [1.165, 1.54) is 0 Å². The molecule has 6 nitrogen and oxygen atoms in total. The average molecular weight is 244 g/mol. The van der Waals surface area contributed by atoms with Crippen molar-refractivity contribution in [3.05, 3.63) is 30.7 Å². The molecule has 0 saturated heterocycles. The Kier molecular flexibility index (Phi) is 3.80. The normalized spacial score (nSPS) is 9.83. The van der Waals surface area contributed by atoms with Gasteiger partial charge in [0.1, 0.15) is 5.82 Å². The fourth-order valence-electron chi connectivity index (χ4n) is 1.40. The van der Waals surface area contributed by atoms with Crippen LogP contribution in [0.3, 0.4) is 0 Å². The van der Waals surface area contributed by atoms with Gasteiger partial charge < -0.3 is 10.1 Å². The molecule has 0 spiro atoms. The summed E-state index contributed by atoms with van der Waals surface area (Å²) in [4.78, 5) is 22.7. The van der Waals surface area contributed by atoms with Crippen molar-refractivity contribution in [1.82, 2.24) is 15.0 Å². The van der Waals surface area contributed by atoms with E-state index in [2.05, 4.69) is 20.3 Å². The summed E-state index contributed by atoms with van der Waals surface area (Å²) in [7, 11) is 0. The van der Waals surface area contributed by atoms with E-state index in [4.69, 9.17) is 4.74 Å². The van der Waals surface area contributed by atoms with Gasteiger partial charge in [0, 0.05) is 11.8 Å². The van der Waals surface area contributed by atoms with Crippen LogP contribution in [0.15, 0.2) is 30.7 Å². The quantitative estimate of drug-likeness (QED) is 0.806. The lowest BCUT2D eigenvalue weighted by atomic mass is 10.2. The average Bonchev–Trinajstić information content (AvgIpc) is 2.41. The van der Waals surface area contributed by atoms with Gasteiger partial charge in [0.25, 0.3) is 0 Å². The van der Waals surface area contributed by atoms with Crippen LogP contribution in [-0.4, -0.2) is 28.0 Å². The summed E-state index contributed by atoms with van der Waals surface area (Å²) in [6.07, 6.45) is 5.39. The zero-order chi connectivity index (χ0) is 12.8. The lowest BCUT2D eigenvalue weighted by molar-refractivity contribution is -0.105. The minimum Gasteiger partial charge on any atom is -0.477 e. The monoisotopic (exact) mass is 244 g/mol. The van der Waals surface area contributed by atoms with Gasteiger partial charge in [-0.3, -0.25) is 9.78 Å². The Labute approximate surface area is 104 Å². The number of nitrogens with zero attached hydrogens (tertiary/aromatic N) is 3. The standard InChI is InChI=1S/C12H12N4O2/c1-2-18-12-7-13-6-10(16-12)9-3-4-11(14-5-9)15-8-17/h3-8H,2H2,1H3,(H,14,15,17). The zero-order valence-electron chi connectivity index (χ0n) is 9.83. The molecule has 0 bridgehead atoms. The molecule has 0 radical (unpaired) electrons. The molecular formula is C12H12N4O2. The summed E-state index contributed by atoms with van der Waals surface area (Å²) in [6, 6.07) is 3.50. The first-order chi connectivity index (χ1) is 8.83. The summed E-state index contributed by atoms with van der Waals surface area (Å²) < 4.78 is 5.28. The molecule has 2 heterocycles. The van der Waals surface area contributed by atoms with E-state index in [0.717, 1.165) is 5.56 Å². The van der Waals surface area contributed by atoms with Crippen LogP contribution in [0, 0.1) is 0 Å². The number of aromatic nitrogens is 3. The first kappa shape index (κ1) is 12.0. The molecule has 1 N–H and O–H groups in total. The van der Waals surface area contributed by atoms with E-state index >= 15 is 0 Å². The molecule has 2 aromatic rings. The molecule has 2 rings (SSSR count). The summed E-state index contributed by atoms with van der Waals surface area (Å²) in [5, 5.41) is 2.47. The Morgan fingerprint density at radius 1 is 1.33 bits per heavy atom. The third-order valence-electron chi connectivity index (χ3n) is 2.17. The van der Waals surface area contributed by atoms with Crippen molar-refractivity contribution in [1.29, 1.82) is 0 Å². The smallest absolute Gasteiger partial charge is 0.232 e.